The molecule has 86 valence electrons. The molecule has 0 aromatic heterocycles. The summed E-state index contributed by atoms with van der Waals surface area (Å²) in [5.74, 6) is 0.796. The standard InChI is InChI=1S/C13H29N/c1-7-14(11-12(2)3)10-8-9-13(4,5)6/h12H,7-11H2,1-6H3. The first-order valence-electron chi connectivity index (χ1n) is 6.07. The fourth-order valence-electron chi connectivity index (χ4n) is 1.73. The Hall–Kier alpha value is -0.0400. The van der Waals surface area contributed by atoms with Crippen LogP contribution in [0.2, 0.25) is 0 Å². The van der Waals surface area contributed by atoms with Gasteiger partial charge in [0.25, 0.3) is 0 Å². The second kappa shape index (κ2) is 6.44. The molecule has 0 aliphatic carbocycles. The van der Waals surface area contributed by atoms with Crippen LogP contribution in [0, 0.1) is 11.3 Å². The molecule has 0 N–H and O–H groups in total. The van der Waals surface area contributed by atoms with Crippen LogP contribution in [0.4, 0.5) is 0 Å². The summed E-state index contributed by atoms with van der Waals surface area (Å²) in [7, 11) is 0. The molecule has 0 radical (unpaired) electrons. The summed E-state index contributed by atoms with van der Waals surface area (Å²) >= 11 is 0. The van der Waals surface area contributed by atoms with E-state index in [0.29, 0.717) is 5.41 Å². The molecule has 14 heavy (non-hydrogen) atoms. The summed E-state index contributed by atoms with van der Waals surface area (Å²) in [5, 5.41) is 0. The molecule has 0 bridgehead atoms. The highest BCUT2D eigenvalue weighted by molar-refractivity contribution is 4.64. The molecular weight excluding hydrogens is 170 g/mol. The maximum atomic E-state index is 2.57. The summed E-state index contributed by atoms with van der Waals surface area (Å²) in [5.41, 5.74) is 0.497. The van der Waals surface area contributed by atoms with E-state index in [0.717, 1.165) is 5.92 Å². The average molecular weight is 199 g/mol. The summed E-state index contributed by atoms with van der Waals surface area (Å²) in [4.78, 5) is 2.57. The smallest absolute Gasteiger partial charge is 0.000427 e. The molecule has 0 aromatic rings. The Kier molecular flexibility index (Phi) is 6.43. The lowest BCUT2D eigenvalue weighted by atomic mass is 9.90. The van der Waals surface area contributed by atoms with Crippen molar-refractivity contribution in [2.45, 2.75) is 54.4 Å². The monoisotopic (exact) mass is 199 g/mol. The fraction of sp³-hybridized carbons (Fsp3) is 1.00. The minimum absolute atomic E-state index is 0.497. The SMILES string of the molecule is CCN(CCCC(C)(C)C)CC(C)C. The van der Waals surface area contributed by atoms with Crippen molar-refractivity contribution in [1.82, 2.24) is 4.90 Å². The van der Waals surface area contributed by atoms with Crippen LogP contribution in [0.25, 0.3) is 0 Å². The van der Waals surface area contributed by atoms with E-state index >= 15 is 0 Å². The van der Waals surface area contributed by atoms with E-state index in [2.05, 4.69) is 46.4 Å². The Bertz CT molecular complexity index is 133. The molecule has 0 saturated heterocycles. The molecule has 0 saturated carbocycles. The molecule has 0 rings (SSSR count). The van der Waals surface area contributed by atoms with E-state index < -0.39 is 0 Å². The van der Waals surface area contributed by atoms with Gasteiger partial charge in [0.1, 0.15) is 0 Å². The van der Waals surface area contributed by atoms with Crippen molar-refractivity contribution in [2.24, 2.45) is 11.3 Å². The molecule has 0 aliphatic heterocycles. The maximum Gasteiger partial charge on any atom is 0.000427 e. The Morgan fingerprint density at radius 3 is 2.07 bits per heavy atom. The predicted octanol–water partition coefficient (Wildman–Crippen LogP) is 3.79. The predicted molar refractivity (Wildman–Crippen MR) is 65.6 cm³/mol. The van der Waals surface area contributed by atoms with E-state index in [1.54, 1.807) is 0 Å². The lowest BCUT2D eigenvalue weighted by Gasteiger charge is -2.25. The van der Waals surface area contributed by atoms with Crippen LogP contribution in [0.5, 0.6) is 0 Å². The molecule has 0 aliphatic rings. The topological polar surface area (TPSA) is 3.24 Å². The second-order valence-electron chi connectivity index (χ2n) is 5.95. The summed E-state index contributed by atoms with van der Waals surface area (Å²) in [6, 6.07) is 0. The fourth-order valence-corrected chi connectivity index (χ4v) is 1.73. The Labute approximate surface area is 90.9 Å². The highest BCUT2D eigenvalue weighted by Crippen LogP contribution is 2.20. The van der Waals surface area contributed by atoms with Crippen molar-refractivity contribution < 1.29 is 0 Å². The molecule has 0 heterocycles. The van der Waals surface area contributed by atoms with Crippen LogP contribution in [0.3, 0.4) is 0 Å². The summed E-state index contributed by atoms with van der Waals surface area (Å²) in [6.45, 7) is 17.6. The van der Waals surface area contributed by atoms with Crippen molar-refractivity contribution in [3.63, 3.8) is 0 Å². The Morgan fingerprint density at radius 1 is 1.14 bits per heavy atom. The summed E-state index contributed by atoms with van der Waals surface area (Å²) in [6.07, 6.45) is 2.67. The van der Waals surface area contributed by atoms with E-state index in [9.17, 15) is 0 Å². The van der Waals surface area contributed by atoms with Gasteiger partial charge in [0.2, 0.25) is 0 Å². The van der Waals surface area contributed by atoms with Gasteiger partial charge in [-0.25, -0.2) is 0 Å². The van der Waals surface area contributed by atoms with Crippen molar-refractivity contribution in [1.29, 1.82) is 0 Å². The number of hydrogen-bond acceptors (Lipinski definition) is 1. The zero-order valence-corrected chi connectivity index (χ0v) is 11.1. The zero-order chi connectivity index (χ0) is 11.2. The van der Waals surface area contributed by atoms with Gasteiger partial charge in [0.15, 0.2) is 0 Å². The third-order valence-electron chi connectivity index (χ3n) is 2.47. The average Bonchev–Trinajstić information content (AvgIpc) is 1.99. The molecule has 0 atom stereocenters. The largest absolute Gasteiger partial charge is 0.303 e. The van der Waals surface area contributed by atoms with Crippen molar-refractivity contribution >= 4 is 0 Å². The van der Waals surface area contributed by atoms with Gasteiger partial charge in [-0.3, -0.25) is 0 Å². The van der Waals surface area contributed by atoms with Crippen LogP contribution in [-0.4, -0.2) is 24.5 Å². The molecule has 0 aromatic carbocycles. The molecule has 1 heteroatoms. The molecule has 0 unspecified atom stereocenters. The highest BCUT2D eigenvalue weighted by Gasteiger charge is 2.11. The van der Waals surface area contributed by atoms with Gasteiger partial charge in [-0.15, -0.1) is 0 Å². The molecule has 0 amide bonds. The number of rotatable bonds is 6. The lowest BCUT2D eigenvalue weighted by Crippen LogP contribution is -2.29. The van der Waals surface area contributed by atoms with Crippen LogP contribution in [0.15, 0.2) is 0 Å². The van der Waals surface area contributed by atoms with Crippen LogP contribution in [0.1, 0.15) is 54.4 Å². The van der Waals surface area contributed by atoms with Gasteiger partial charge in [0.05, 0.1) is 0 Å². The maximum absolute atomic E-state index is 2.57. The van der Waals surface area contributed by atoms with Crippen molar-refractivity contribution in [3.05, 3.63) is 0 Å². The van der Waals surface area contributed by atoms with E-state index in [1.807, 2.05) is 0 Å². The first-order chi connectivity index (χ1) is 6.35. The third kappa shape index (κ3) is 8.55. The molecule has 0 fully saturated rings. The highest BCUT2D eigenvalue weighted by atomic mass is 15.1. The van der Waals surface area contributed by atoms with Gasteiger partial charge >= 0.3 is 0 Å². The first kappa shape index (κ1) is 14.0. The zero-order valence-electron chi connectivity index (χ0n) is 11.1. The lowest BCUT2D eigenvalue weighted by molar-refractivity contribution is 0.235. The van der Waals surface area contributed by atoms with Gasteiger partial charge in [-0.05, 0) is 37.3 Å². The van der Waals surface area contributed by atoms with Gasteiger partial charge in [-0.2, -0.15) is 0 Å². The third-order valence-corrected chi connectivity index (χ3v) is 2.47. The normalized spacial score (nSPS) is 12.9. The van der Waals surface area contributed by atoms with Crippen molar-refractivity contribution in [2.75, 3.05) is 19.6 Å². The molecule has 0 spiro atoms. The van der Waals surface area contributed by atoms with E-state index in [4.69, 9.17) is 0 Å². The van der Waals surface area contributed by atoms with Crippen molar-refractivity contribution in [3.8, 4) is 0 Å². The van der Waals surface area contributed by atoms with E-state index in [-0.39, 0.29) is 0 Å². The van der Waals surface area contributed by atoms with Gasteiger partial charge in [-0.1, -0.05) is 41.5 Å². The molecule has 1 nitrogen and oxygen atoms in total. The van der Waals surface area contributed by atoms with Gasteiger partial charge in [0, 0.05) is 6.54 Å². The van der Waals surface area contributed by atoms with Crippen LogP contribution in [-0.2, 0) is 0 Å². The first-order valence-corrected chi connectivity index (χ1v) is 6.07. The quantitative estimate of drug-likeness (QED) is 0.629. The minimum Gasteiger partial charge on any atom is -0.303 e. The Morgan fingerprint density at radius 2 is 1.71 bits per heavy atom. The Balaban J connectivity index is 3.63. The second-order valence-corrected chi connectivity index (χ2v) is 5.95. The number of nitrogens with zero attached hydrogens (tertiary/aromatic N) is 1. The minimum atomic E-state index is 0.497. The summed E-state index contributed by atoms with van der Waals surface area (Å²) < 4.78 is 0. The molecular formula is C13H29N. The van der Waals surface area contributed by atoms with Crippen LogP contribution < -0.4 is 0 Å². The van der Waals surface area contributed by atoms with E-state index in [1.165, 1.54) is 32.5 Å². The van der Waals surface area contributed by atoms with Crippen LogP contribution >= 0.6 is 0 Å². The van der Waals surface area contributed by atoms with Gasteiger partial charge < -0.3 is 4.90 Å². The number of hydrogen-bond donors (Lipinski definition) is 0.